The van der Waals surface area contributed by atoms with Gasteiger partial charge in [-0.2, -0.15) is 0 Å². The van der Waals surface area contributed by atoms with Crippen LogP contribution in [0.4, 0.5) is 11.4 Å². The zero-order chi connectivity index (χ0) is 25.7. The number of nitrogens with one attached hydrogen (secondary N) is 1. The first-order valence-corrected chi connectivity index (χ1v) is 14.1. The second-order valence-electron chi connectivity index (χ2n) is 8.83. The van der Waals surface area contributed by atoms with Crippen LogP contribution < -0.4 is 14.5 Å². The van der Waals surface area contributed by atoms with E-state index in [0.29, 0.717) is 0 Å². The maximum atomic E-state index is 13.5. The lowest BCUT2D eigenvalue weighted by molar-refractivity contribution is -0.120. The summed E-state index contributed by atoms with van der Waals surface area (Å²) in [6, 6.07) is 20.5. The molecule has 3 aromatic carbocycles. The summed E-state index contributed by atoms with van der Waals surface area (Å²) in [6.07, 6.45) is 3.68. The zero-order valence-corrected chi connectivity index (χ0v) is 22.4. The van der Waals surface area contributed by atoms with E-state index in [2.05, 4.69) is 22.3 Å². The molecule has 0 saturated carbocycles. The fourth-order valence-corrected chi connectivity index (χ4v) is 6.23. The number of halogens is 2. The summed E-state index contributed by atoms with van der Waals surface area (Å²) in [4.78, 5) is 15.5. The van der Waals surface area contributed by atoms with E-state index in [4.69, 9.17) is 23.2 Å². The molecule has 1 aliphatic heterocycles. The molecule has 3 aromatic rings. The lowest BCUT2D eigenvalue weighted by atomic mass is 10.1. The van der Waals surface area contributed by atoms with Crippen molar-refractivity contribution in [2.45, 2.75) is 37.1 Å². The van der Waals surface area contributed by atoms with Crippen molar-refractivity contribution in [1.82, 2.24) is 5.32 Å². The van der Waals surface area contributed by atoms with E-state index < -0.39 is 22.5 Å². The summed E-state index contributed by atoms with van der Waals surface area (Å²) in [5.74, 6) is -0.460. The van der Waals surface area contributed by atoms with E-state index in [1.54, 1.807) is 30.3 Å². The monoisotopic (exact) mass is 545 g/mol. The third-order valence-electron chi connectivity index (χ3n) is 6.31. The topological polar surface area (TPSA) is 69.7 Å². The molecule has 190 valence electrons. The molecule has 9 heteroatoms. The van der Waals surface area contributed by atoms with Gasteiger partial charge in [-0.25, -0.2) is 8.42 Å². The Kier molecular flexibility index (Phi) is 8.44. The summed E-state index contributed by atoms with van der Waals surface area (Å²) in [5, 5.41) is 3.18. The highest BCUT2D eigenvalue weighted by molar-refractivity contribution is 7.92. The van der Waals surface area contributed by atoms with Gasteiger partial charge in [-0.1, -0.05) is 59.6 Å². The molecular formula is C27H29Cl2N3O3S. The summed E-state index contributed by atoms with van der Waals surface area (Å²) < 4.78 is 28.0. The second kappa shape index (κ2) is 11.5. The largest absolute Gasteiger partial charge is 0.372 e. The van der Waals surface area contributed by atoms with Gasteiger partial charge in [0, 0.05) is 18.8 Å². The Labute approximate surface area is 222 Å². The van der Waals surface area contributed by atoms with E-state index in [9.17, 15) is 13.2 Å². The fraction of sp³-hybridized carbons (Fsp3) is 0.296. The summed E-state index contributed by atoms with van der Waals surface area (Å²) in [6.45, 7) is 3.54. The minimum Gasteiger partial charge on any atom is -0.372 e. The molecule has 1 aliphatic rings. The molecule has 1 unspecified atom stereocenters. The normalized spacial score (nSPS) is 14.8. The number of anilines is 2. The summed E-state index contributed by atoms with van der Waals surface area (Å²) in [7, 11) is -4.08. The third kappa shape index (κ3) is 5.97. The van der Waals surface area contributed by atoms with E-state index in [1.165, 1.54) is 43.1 Å². The van der Waals surface area contributed by atoms with Crippen LogP contribution in [0.25, 0.3) is 0 Å². The van der Waals surface area contributed by atoms with Crippen molar-refractivity contribution in [3.8, 4) is 0 Å². The van der Waals surface area contributed by atoms with Crippen molar-refractivity contribution in [3.63, 3.8) is 0 Å². The van der Waals surface area contributed by atoms with Gasteiger partial charge in [-0.3, -0.25) is 9.10 Å². The first-order chi connectivity index (χ1) is 17.3. The number of nitrogens with zero attached hydrogens (tertiary/aromatic N) is 2. The number of piperidine rings is 1. The van der Waals surface area contributed by atoms with Gasteiger partial charge in [0.2, 0.25) is 5.91 Å². The highest BCUT2D eigenvalue weighted by atomic mass is 35.5. The second-order valence-corrected chi connectivity index (χ2v) is 11.5. The molecule has 0 radical (unpaired) electrons. The maximum absolute atomic E-state index is 13.5. The van der Waals surface area contributed by atoms with E-state index in [1.807, 2.05) is 19.1 Å². The Bertz CT molecular complexity index is 1300. The molecule has 1 atom stereocenters. The van der Waals surface area contributed by atoms with Gasteiger partial charge in [-0.05, 0) is 68.1 Å². The minimum atomic E-state index is -4.08. The van der Waals surface area contributed by atoms with Gasteiger partial charge in [0.25, 0.3) is 10.0 Å². The average molecular weight is 547 g/mol. The van der Waals surface area contributed by atoms with Crippen molar-refractivity contribution in [1.29, 1.82) is 0 Å². The molecular weight excluding hydrogens is 517 g/mol. The maximum Gasteiger partial charge on any atom is 0.264 e. The number of carbonyl (C=O) groups is 1. The Hall–Kier alpha value is -2.74. The first-order valence-electron chi connectivity index (χ1n) is 11.9. The van der Waals surface area contributed by atoms with E-state index in [0.717, 1.165) is 23.0 Å². The van der Waals surface area contributed by atoms with Gasteiger partial charge >= 0.3 is 0 Å². The molecule has 0 spiro atoms. The van der Waals surface area contributed by atoms with Crippen LogP contribution in [-0.4, -0.2) is 34.0 Å². The molecule has 6 nitrogen and oxygen atoms in total. The molecule has 36 heavy (non-hydrogen) atoms. The molecule has 0 aromatic heterocycles. The highest BCUT2D eigenvalue weighted by Crippen LogP contribution is 2.35. The van der Waals surface area contributed by atoms with Gasteiger partial charge in [-0.15, -0.1) is 0 Å². The van der Waals surface area contributed by atoms with Gasteiger partial charge in [0.05, 0.1) is 26.7 Å². The predicted octanol–water partition coefficient (Wildman–Crippen LogP) is 6.06. The van der Waals surface area contributed by atoms with E-state index in [-0.39, 0.29) is 26.7 Å². The van der Waals surface area contributed by atoms with Crippen LogP contribution >= 0.6 is 23.2 Å². The predicted molar refractivity (Wildman–Crippen MR) is 146 cm³/mol. The zero-order valence-electron chi connectivity index (χ0n) is 20.0. The SMILES string of the molecule is CC(NC(=O)CN(c1cccc(Cl)c1Cl)S(=O)(=O)c1ccccc1)c1ccc(N2CCCCC2)cc1. The quantitative estimate of drug-likeness (QED) is 0.373. The Morgan fingerprint density at radius 3 is 2.28 bits per heavy atom. The smallest absolute Gasteiger partial charge is 0.264 e. The van der Waals surface area contributed by atoms with Crippen LogP contribution in [0.2, 0.25) is 10.0 Å². The Balaban J connectivity index is 1.53. The number of rotatable bonds is 8. The molecule has 4 rings (SSSR count). The molecule has 0 bridgehead atoms. The Morgan fingerprint density at radius 2 is 1.61 bits per heavy atom. The van der Waals surface area contributed by atoms with E-state index >= 15 is 0 Å². The van der Waals surface area contributed by atoms with Crippen molar-refractivity contribution in [3.05, 3.63) is 88.4 Å². The number of amides is 1. The number of carbonyl (C=O) groups excluding carboxylic acids is 1. The number of hydrogen-bond donors (Lipinski definition) is 1. The first kappa shape index (κ1) is 26.3. The third-order valence-corrected chi connectivity index (χ3v) is 8.89. The standard InChI is InChI=1S/C27H29Cl2N3O3S/c1-20(21-13-15-22(16-14-21)31-17-6-3-7-18-31)30-26(33)19-32(25-12-8-11-24(28)27(25)29)36(34,35)23-9-4-2-5-10-23/h2,4-5,8-16,20H,3,6-7,17-19H2,1H3,(H,30,33). The van der Waals surface area contributed by atoms with Crippen molar-refractivity contribution in [2.24, 2.45) is 0 Å². The number of sulfonamides is 1. The molecule has 1 saturated heterocycles. The number of hydrogen-bond acceptors (Lipinski definition) is 4. The lowest BCUT2D eigenvalue weighted by Crippen LogP contribution is -2.41. The molecule has 1 amide bonds. The lowest BCUT2D eigenvalue weighted by Gasteiger charge is -2.29. The summed E-state index contributed by atoms with van der Waals surface area (Å²) in [5.41, 5.74) is 2.25. The van der Waals surface area contributed by atoms with Crippen LogP contribution in [0.5, 0.6) is 0 Å². The van der Waals surface area contributed by atoms with Crippen molar-refractivity contribution >= 4 is 50.5 Å². The molecule has 1 N–H and O–H groups in total. The molecule has 0 aliphatic carbocycles. The van der Waals surface area contributed by atoms with Crippen molar-refractivity contribution in [2.75, 3.05) is 28.8 Å². The fourth-order valence-electron chi connectivity index (χ4n) is 4.33. The minimum absolute atomic E-state index is 0.0511. The highest BCUT2D eigenvalue weighted by Gasteiger charge is 2.29. The molecule has 1 heterocycles. The van der Waals surface area contributed by atoms with Crippen LogP contribution in [0.15, 0.2) is 77.7 Å². The van der Waals surface area contributed by atoms with Gasteiger partial charge in [0.15, 0.2) is 0 Å². The van der Waals surface area contributed by atoms with Gasteiger partial charge in [0.1, 0.15) is 6.54 Å². The molecule has 1 fully saturated rings. The van der Waals surface area contributed by atoms with Crippen LogP contribution in [-0.2, 0) is 14.8 Å². The van der Waals surface area contributed by atoms with Crippen LogP contribution in [0.3, 0.4) is 0 Å². The Morgan fingerprint density at radius 1 is 0.944 bits per heavy atom. The van der Waals surface area contributed by atoms with Crippen LogP contribution in [0.1, 0.15) is 37.8 Å². The van der Waals surface area contributed by atoms with Crippen molar-refractivity contribution < 1.29 is 13.2 Å². The average Bonchev–Trinajstić information content (AvgIpc) is 2.90. The summed E-state index contributed by atoms with van der Waals surface area (Å²) >= 11 is 12.5. The number of benzene rings is 3. The van der Waals surface area contributed by atoms with Crippen LogP contribution in [0, 0.1) is 0 Å². The van der Waals surface area contributed by atoms with Gasteiger partial charge < -0.3 is 10.2 Å².